The largest absolute Gasteiger partial charge is 0.497 e. The molecule has 2 N–H and O–H groups in total. The molecule has 30 heavy (non-hydrogen) atoms. The first-order chi connectivity index (χ1) is 14.5. The maximum atomic E-state index is 14.5. The van der Waals surface area contributed by atoms with Gasteiger partial charge in [-0.3, -0.25) is 14.6 Å². The van der Waals surface area contributed by atoms with Crippen molar-refractivity contribution in [1.29, 1.82) is 0 Å². The summed E-state index contributed by atoms with van der Waals surface area (Å²) >= 11 is 0. The van der Waals surface area contributed by atoms with Gasteiger partial charge in [-0.25, -0.2) is 9.37 Å². The van der Waals surface area contributed by atoms with Gasteiger partial charge in [-0.15, -0.1) is 0 Å². The minimum absolute atomic E-state index is 0.0293. The summed E-state index contributed by atoms with van der Waals surface area (Å²) in [5, 5.41) is 5.47. The lowest BCUT2D eigenvalue weighted by Gasteiger charge is -2.12. The Morgan fingerprint density at radius 3 is 2.63 bits per heavy atom. The number of methoxy groups -OCH3 is 1. The summed E-state index contributed by atoms with van der Waals surface area (Å²) in [5.74, 6) is -0.264. The number of rotatable bonds is 6. The number of hydrogen-bond donors (Lipinski definition) is 2. The highest BCUT2D eigenvalue weighted by Gasteiger charge is 2.29. The molecular weight excluding hydrogens is 387 g/mol. The van der Waals surface area contributed by atoms with Crippen molar-refractivity contribution in [1.82, 2.24) is 9.97 Å². The van der Waals surface area contributed by atoms with Crippen molar-refractivity contribution in [2.75, 3.05) is 17.7 Å². The quantitative estimate of drug-likeness (QED) is 0.648. The van der Waals surface area contributed by atoms with Crippen molar-refractivity contribution < 1.29 is 18.7 Å². The SMILES string of the molecule is COc1ccc(-c2ccncc2NC(=O)c2ccnc(NC(=O)C3CC3)c2)c(F)c1. The summed E-state index contributed by atoms with van der Waals surface area (Å²) in [6, 6.07) is 9.15. The van der Waals surface area contributed by atoms with Gasteiger partial charge in [0.25, 0.3) is 5.91 Å². The van der Waals surface area contributed by atoms with Crippen molar-refractivity contribution in [3.8, 4) is 16.9 Å². The molecule has 0 bridgehead atoms. The van der Waals surface area contributed by atoms with E-state index in [0.29, 0.717) is 33.9 Å². The average Bonchev–Trinajstić information content (AvgIpc) is 3.60. The van der Waals surface area contributed by atoms with Gasteiger partial charge in [-0.2, -0.15) is 0 Å². The molecule has 3 aromatic rings. The number of halogens is 1. The van der Waals surface area contributed by atoms with E-state index in [1.54, 1.807) is 18.2 Å². The lowest BCUT2D eigenvalue weighted by atomic mass is 10.0. The molecule has 1 aliphatic rings. The maximum Gasteiger partial charge on any atom is 0.255 e. The zero-order valence-corrected chi connectivity index (χ0v) is 16.2. The third-order valence-electron chi connectivity index (χ3n) is 4.76. The van der Waals surface area contributed by atoms with Crippen LogP contribution in [0, 0.1) is 11.7 Å². The second-order valence-electron chi connectivity index (χ2n) is 6.91. The Labute approximate surface area is 172 Å². The second kappa shape index (κ2) is 8.28. The van der Waals surface area contributed by atoms with Gasteiger partial charge in [0.2, 0.25) is 5.91 Å². The zero-order chi connectivity index (χ0) is 21.1. The fourth-order valence-corrected chi connectivity index (χ4v) is 2.98. The first kappa shape index (κ1) is 19.5. The van der Waals surface area contributed by atoms with Crippen LogP contribution in [-0.4, -0.2) is 28.9 Å². The van der Waals surface area contributed by atoms with Gasteiger partial charge >= 0.3 is 0 Å². The van der Waals surface area contributed by atoms with Gasteiger partial charge < -0.3 is 15.4 Å². The Morgan fingerprint density at radius 2 is 1.90 bits per heavy atom. The normalized spacial score (nSPS) is 12.9. The minimum atomic E-state index is -0.481. The van der Waals surface area contributed by atoms with E-state index in [1.807, 2.05) is 0 Å². The molecule has 4 rings (SSSR count). The Bertz CT molecular complexity index is 1120. The molecule has 2 aromatic heterocycles. The van der Waals surface area contributed by atoms with E-state index in [9.17, 15) is 14.0 Å². The summed E-state index contributed by atoms with van der Waals surface area (Å²) < 4.78 is 19.6. The first-order valence-corrected chi connectivity index (χ1v) is 9.41. The standard InChI is InChI=1S/C22H19FN4O3/c1-30-15-4-5-16(18(23)11-15)17-7-8-24-12-19(17)26-22(29)14-6-9-25-20(10-14)27-21(28)13-2-3-13/h4-13H,2-3H2,1H3,(H,26,29)(H,25,27,28). The van der Waals surface area contributed by atoms with E-state index in [-0.39, 0.29) is 11.8 Å². The Balaban J connectivity index is 1.56. The van der Waals surface area contributed by atoms with Gasteiger partial charge in [0, 0.05) is 41.1 Å². The predicted octanol–water partition coefficient (Wildman–Crippen LogP) is 3.89. The molecule has 1 saturated carbocycles. The number of nitrogens with one attached hydrogen (secondary N) is 2. The van der Waals surface area contributed by atoms with Crippen molar-refractivity contribution in [3.05, 3.63) is 66.4 Å². The Morgan fingerprint density at radius 1 is 1.07 bits per heavy atom. The summed E-state index contributed by atoms with van der Waals surface area (Å²) in [7, 11) is 1.46. The average molecular weight is 406 g/mol. The van der Waals surface area contributed by atoms with Crippen molar-refractivity contribution >= 4 is 23.3 Å². The van der Waals surface area contributed by atoms with Gasteiger partial charge in [0.15, 0.2) is 0 Å². The molecule has 1 fully saturated rings. The molecule has 8 heteroatoms. The maximum absolute atomic E-state index is 14.5. The molecular formula is C22H19FN4O3. The molecule has 0 unspecified atom stereocenters. The number of benzene rings is 1. The van der Waals surface area contributed by atoms with E-state index in [1.165, 1.54) is 43.9 Å². The van der Waals surface area contributed by atoms with Crippen molar-refractivity contribution in [2.45, 2.75) is 12.8 Å². The molecule has 0 aliphatic heterocycles. The van der Waals surface area contributed by atoms with Gasteiger partial charge in [0.05, 0.1) is 19.0 Å². The number of anilines is 2. The van der Waals surface area contributed by atoms with Gasteiger partial charge in [0.1, 0.15) is 17.4 Å². The highest BCUT2D eigenvalue weighted by molar-refractivity contribution is 6.07. The molecule has 7 nitrogen and oxygen atoms in total. The minimum Gasteiger partial charge on any atom is -0.497 e. The highest BCUT2D eigenvalue weighted by Crippen LogP contribution is 2.32. The Kier molecular flexibility index (Phi) is 5.38. The zero-order valence-electron chi connectivity index (χ0n) is 16.2. The number of hydrogen-bond acceptors (Lipinski definition) is 5. The van der Waals surface area contributed by atoms with Crippen molar-refractivity contribution in [3.63, 3.8) is 0 Å². The summed E-state index contributed by atoms with van der Waals surface area (Å²) in [5.41, 5.74) is 1.45. The monoisotopic (exact) mass is 406 g/mol. The molecule has 0 radical (unpaired) electrons. The third kappa shape index (κ3) is 4.27. The second-order valence-corrected chi connectivity index (χ2v) is 6.91. The van der Waals surface area contributed by atoms with E-state index < -0.39 is 11.7 Å². The van der Waals surface area contributed by atoms with Crippen LogP contribution < -0.4 is 15.4 Å². The third-order valence-corrected chi connectivity index (χ3v) is 4.76. The van der Waals surface area contributed by atoms with E-state index in [2.05, 4.69) is 20.6 Å². The summed E-state index contributed by atoms with van der Waals surface area (Å²) in [4.78, 5) is 32.8. The number of aromatic nitrogens is 2. The number of pyridine rings is 2. The van der Waals surface area contributed by atoms with Crippen LogP contribution in [0.25, 0.3) is 11.1 Å². The molecule has 0 saturated heterocycles. The number of carbonyl (C=O) groups is 2. The summed E-state index contributed by atoms with van der Waals surface area (Å²) in [6.07, 6.45) is 6.17. The summed E-state index contributed by atoms with van der Waals surface area (Å²) in [6.45, 7) is 0. The first-order valence-electron chi connectivity index (χ1n) is 9.41. The van der Waals surface area contributed by atoms with Crippen LogP contribution in [0.5, 0.6) is 5.75 Å². The predicted molar refractivity (Wildman–Crippen MR) is 110 cm³/mol. The van der Waals surface area contributed by atoms with Crippen LogP contribution in [0.2, 0.25) is 0 Å². The van der Waals surface area contributed by atoms with Crippen LogP contribution in [0.15, 0.2) is 55.0 Å². The topological polar surface area (TPSA) is 93.2 Å². The molecule has 2 amide bonds. The molecule has 1 aromatic carbocycles. The van der Waals surface area contributed by atoms with E-state index >= 15 is 0 Å². The fourth-order valence-electron chi connectivity index (χ4n) is 2.98. The van der Waals surface area contributed by atoms with Crippen LogP contribution in [-0.2, 0) is 4.79 Å². The van der Waals surface area contributed by atoms with Crippen LogP contribution >= 0.6 is 0 Å². The van der Waals surface area contributed by atoms with E-state index in [0.717, 1.165) is 12.8 Å². The molecule has 2 heterocycles. The number of ether oxygens (including phenoxy) is 1. The van der Waals surface area contributed by atoms with Crippen LogP contribution in [0.4, 0.5) is 15.9 Å². The van der Waals surface area contributed by atoms with Crippen LogP contribution in [0.3, 0.4) is 0 Å². The molecule has 0 atom stereocenters. The lowest BCUT2D eigenvalue weighted by molar-refractivity contribution is -0.117. The van der Waals surface area contributed by atoms with Crippen LogP contribution in [0.1, 0.15) is 23.2 Å². The van der Waals surface area contributed by atoms with Crippen molar-refractivity contribution in [2.24, 2.45) is 5.92 Å². The van der Waals surface area contributed by atoms with Gasteiger partial charge in [-0.05, 0) is 43.2 Å². The number of carbonyl (C=O) groups excluding carboxylic acids is 2. The Hall–Kier alpha value is -3.81. The molecule has 0 spiro atoms. The molecule has 152 valence electrons. The smallest absolute Gasteiger partial charge is 0.255 e. The highest BCUT2D eigenvalue weighted by atomic mass is 19.1. The number of amides is 2. The molecule has 1 aliphatic carbocycles. The lowest BCUT2D eigenvalue weighted by Crippen LogP contribution is -2.16. The number of nitrogens with zero attached hydrogens (tertiary/aromatic N) is 2. The van der Waals surface area contributed by atoms with Gasteiger partial charge in [-0.1, -0.05) is 0 Å². The van der Waals surface area contributed by atoms with E-state index in [4.69, 9.17) is 4.74 Å². The fraction of sp³-hybridized carbons (Fsp3) is 0.182.